The van der Waals surface area contributed by atoms with Crippen molar-refractivity contribution in [2.75, 3.05) is 18.0 Å². The molecule has 0 spiro atoms. The lowest BCUT2D eigenvalue weighted by Crippen LogP contribution is -2.42. The van der Waals surface area contributed by atoms with Crippen LogP contribution in [0.3, 0.4) is 0 Å². The van der Waals surface area contributed by atoms with Crippen LogP contribution in [0.15, 0.2) is 22.7 Å². The third-order valence-corrected chi connectivity index (χ3v) is 4.50. The van der Waals surface area contributed by atoms with Crippen LogP contribution >= 0.6 is 28.1 Å². The van der Waals surface area contributed by atoms with Crippen molar-refractivity contribution in [3.63, 3.8) is 0 Å². The normalized spacial score (nSPS) is 26.4. The number of ether oxygens (including phenoxy) is 1. The third kappa shape index (κ3) is 2.27. The summed E-state index contributed by atoms with van der Waals surface area (Å²) in [7, 11) is 0. The number of benzene rings is 1. The Morgan fingerprint density at radius 1 is 1.33 bits per heavy atom. The van der Waals surface area contributed by atoms with Crippen molar-refractivity contribution in [1.82, 2.24) is 0 Å². The van der Waals surface area contributed by atoms with E-state index >= 15 is 0 Å². The average Bonchev–Trinajstić information content (AvgIpc) is 2.67. The van der Waals surface area contributed by atoms with Crippen molar-refractivity contribution in [2.24, 2.45) is 5.73 Å². The van der Waals surface area contributed by atoms with Gasteiger partial charge in [-0.1, -0.05) is 12.2 Å². The zero-order valence-electron chi connectivity index (χ0n) is 9.93. The van der Waals surface area contributed by atoms with Crippen molar-refractivity contribution in [3.8, 4) is 0 Å². The second kappa shape index (κ2) is 4.79. The molecular formula is C13H15BrN2OS. The summed E-state index contributed by atoms with van der Waals surface area (Å²) in [6, 6.07) is 6.17. The highest BCUT2D eigenvalue weighted by atomic mass is 79.9. The van der Waals surface area contributed by atoms with E-state index in [-0.39, 0.29) is 0 Å². The van der Waals surface area contributed by atoms with Crippen molar-refractivity contribution in [3.05, 3.63) is 28.2 Å². The van der Waals surface area contributed by atoms with Gasteiger partial charge in [0.1, 0.15) is 4.99 Å². The Labute approximate surface area is 120 Å². The van der Waals surface area contributed by atoms with Crippen molar-refractivity contribution >= 4 is 38.8 Å². The number of halogens is 1. The largest absolute Gasteiger partial charge is 0.389 e. The van der Waals surface area contributed by atoms with E-state index < -0.39 is 0 Å². The molecule has 5 heteroatoms. The Morgan fingerprint density at radius 2 is 2.00 bits per heavy atom. The first-order valence-corrected chi connectivity index (χ1v) is 7.33. The fraction of sp³-hybridized carbons (Fsp3) is 0.462. The minimum atomic E-state index is 0.401. The van der Waals surface area contributed by atoms with E-state index in [9.17, 15) is 0 Å². The molecule has 1 aromatic rings. The van der Waals surface area contributed by atoms with Crippen LogP contribution in [0.25, 0.3) is 0 Å². The molecule has 2 fully saturated rings. The number of morpholine rings is 1. The van der Waals surface area contributed by atoms with Gasteiger partial charge >= 0.3 is 0 Å². The molecule has 0 aliphatic carbocycles. The van der Waals surface area contributed by atoms with Crippen LogP contribution in [0, 0.1) is 0 Å². The Bertz CT molecular complexity index is 482. The highest BCUT2D eigenvalue weighted by Crippen LogP contribution is 2.31. The van der Waals surface area contributed by atoms with Crippen molar-refractivity contribution in [2.45, 2.75) is 25.0 Å². The molecule has 3 nitrogen and oxygen atoms in total. The first-order valence-electron chi connectivity index (χ1n) is 6.13. The summed E-state index contributed by atoms with van der Waals surface area (Å²) in [6.07, 6.45) is 3.18. The number of anilines is 1. The summed E-state index contributed by atoms with van der Waals surface area (Å²) in [6.45, 7) is 1.96. The summed E-state index contributed by atoms with van der Waals surface area (Å²) in [4.78, 5) is 2.82. The van der Waals surface area contributed by atoms with Gasteiger partial charge in [-0.15, -0.1) is 0 Å². The number of thiocarbonyl (C=S) groups is 1. The maximum absolute atomic E-state index is 5.85. The van der Waals surface area contributed by atoms with E-state index in [0.717, 1.165) is 23.1 Å². The van der Waals surface area contributed by atoms with E-state index in [2.05, 4.69) is 33.0 Å². The summed E-state index contributed by atoms with van der Waals surface area (Å²) >= 11 is 8.55. The van der Waals surface area contributed by atoms with E-state index in [1.165, 1.54) is 18.5 Å². The SMILES string of the molecule is NC(=S)c1ccc(N2CC3CCC(C2)O3)cc1Br. The molecule has 2 atom stereocenters. The van der Waals surface area contributed by atoms with Gasteiger partial charge in [-0.2, -0.15) is 0 Å². The van der Waals surface area contributed by atoms with Gasteiger partial charge < -0.3 is 15.4 Å². The van der Waals surface area contributed by atoms with Crippen molar-refractivity contribution in [1.29, 1.82) is 0 Å². The van der Waals surface area contributed by atoms with E-state index in [4.69, 9.17) is 22.7 Å². The zero-order chi connectivity index (χ0) is 12.7. The molecule has 2 heterocycles. The smallest absolute Gasteiger partial charge is 0.105 e. The topological polar surface area (TPSA) is 38.5 Å². The minimum Gasteiger partial charge on any atom is -0.389 e. The summed E-state index contributed by atoms with van der Waals surface area (Å²) in [5, 5.41) is 0. The second-order valence-corrected chi connectivity index (χ2v) is 6.18. The Balaban J connectivity index is 1.84. The fourth-order valence-electron chi connectivity index (χ4n) is 2.73. The molecule has 2 bridgehead atoms. The molecule has 18 heavy (non-hydrogen) atoms. The third-order valence-electron chi connectivity index (χ3n) is 3.63. The number of nitrogens with zero attached hydrogens (tertiary/aromatic N) is 1. The van der Waals surface area contributed by atoms with Gasteiger partial charge in [0, 0.05) is 28.8 Å². The van der Waals surface area contributed by atoms with Gasteiger partial charge in [-0.05, 0) is 47.0 Å². The maximum atomic E-state index is 5.85. The quantitative estimate of drug-likeness (QED) is 0.847. The molecule has 2 unspecified atom stereocenters. The number of hydrogen-bond donors (Lipinski definition) is 1. The van der Waals surface area contributed by atoms with Crippen LogP contribution in [0.4, 0.5) is 5.69 Å². The Hall–Kier alpha value is -0.650. The van der Waals surface area contributed by atoms with Crippen LogP contribution in [0.1, 0.15) is 18.4 Å². The van der Waals surface area contributed by atoms with Gasteiger partial charge in [0.05, 0.1) is 12.2 Å². The molecular weight excluding hydrogens is 312 g/mol. The highest BCUT2D eigenvalue weighted by Gasteiger charge is 2.33. The van der Waals surface area contributed by atoms with Crippen LogP contribution in [-0.4, -0.2) is 30.3 Å². The average molecular weight is 327 g/mol. The number of fused-ring (bicyclic) bond motifs is 2. The molecule has 2 aliphatic heterocycles. The molecule has 2 saturated heterocycles. The first-order chi connectivity index (χ1) is 8.63. The van der Waals surface area contributed by atoms with Crippen LogP contribution in [0.5, 0.6) is 0 Å². The second-order valence-electron chi connectivity index (χ2n) is 4.89. The lowest BCUT2D eigenvalue weighted by molar-refractivity contribution is 0.0305. The highest BCUT2D eigenvalue weighted by molar-refractivity contribution is 9.10. The molecule has 0 radical (unpaired) electrons. The lowest BCUT2D eigenvalue weighted by Gasteiger charge is -2.34. The molecule has 1 aromatic carbocycles. The Morgan fingerprint density at radius 3 is 2.56 bits per heavy atom. The molecule has 3 rings (SSSR count). The monoisotopic (exact) mass is 326 g/mol. The van der Waals surface area contributed by atoms with Crippen LogP contribution in [-0.2, 0) is 4.74 Å². The van der Waals surface area contributed by atoms with Gasteiger partial charge in [-0.25, -0.2) is 0 Å². The van der Waals surface area contributed by atoms with E-state index in [1.54, 1.807) is 0 Å². The number of hydrogen-bond acceptors (Lipinski definition) is 3. The fourth-order valence-corrected chi connectivity index (χ4v) is 3.62. The number of rotatable bonds is 2. The Kier molecular flexibility index (Phi) is 3.30. The summed E-state index contributed by atoms with van der Waals surface area (Å²) in [5.41, 5.74) is 7.77. The molecule has 2 N–H and O–H groups in total. The van der Waals surface area contributed by atoms with Crippen molar-refractivity contribution < 1.29 is 4.74 Å². The van der Waals surface area contributed by atoms with Gasteiger partial charge in [0.2, 0.25) is 0 Å². The van der Waals surface area contributed by atoms with E-state index in [1.807, 2.05) is 6.07 Å². The van der Waals surface area contributed by atoms with Gasteiger partial charge in [0.25, 0.3) is 0 Å². The number of nitrogens with two attached hydrogens (primary N) is 1. The van der Waals surface area contributed by atoms with E-state index in [0.29, 0.717) is 17.2 Å². The minimum absolute atomic E-state index is 0.401. The molecule has 2 aliphatic rings. The molecule has 0 aromatic heterocycles. The first kappa shape index (κ1) is 12.4. The van der Waals surface area contributed by atoms with Crippen LogP contribution < -0.4 is 10.6 Å². The molecule has 0 saturated carbocycles. The predicted molar refractivity (Wildman–Crippen MR) is 80.1 cm³/mol. The van der Waals surface area contributed by atoms with Gasteiger partial charge in [-0.3, -0.25) is 0 Å². The lowest BCUT2D eigenvalue weighted by atomic mass is 10.1. The maximum Gasteiger partial charge on any atom is 0.105 e. The van der Waals surface area contributed by atoms with Gasteiger partial charge in [0.15, 0.2) is 0 Å². The van der Waals surface area contributed by atoms with Crippen LogP contribution in [0.2, 0.25) is 0 Å². The standard InChI is InChI=1S/C13H15BrN2OS/c14-12-5-8(1-4-11(12)13(15)18)16-6-9-2-3-10(7-16)17-9/h1,4-5,9-10H,2-3,6-7H2,(H2,15,18). The molecule has 0 amide bonds. The summed E-state index contributed by atoms with van der Waals surface area (Å²) < 4.78 is 6.81. The molecule has 96 valence electrons. The zero-order valence-corrected chi connectivity index (χ0v) is 12.3. The predicted octanol–water partition coefficient (Wildman–Crippen LogP) is 2.45. The summed E-state index contributed by atoms with van der Waals surface area (Å²) in [5.74, 6) is 0.